The van der Waals surface area contributed by atoms with Gasteiger partial charge in [-0.25, -0.2) is 24.7 Å². The van der Waals surface area contributed by atoms with Crippen molar-refractivity contribution in [2.75, 3.05) is 52.4 Å². The van der Waals surface area contributed by atoms with Crippen molar-refractivity contribution in [2.45, 2.75) is 20.0 Å². The van der Waals surface area contributed by atoms with E-state index in [9.17, 15) is 9.90 Å². The average molecular weight is 617 g/mol. The Bertz CT molecular complexity index is 1840. The van der Waals surface area contributed by atoms with E-state index in [1.807, 2.05) is 51.0 Å². The minimum atomic E-state index is -1.12. The van der Waals surface area contributed by atoms with Crippen LogP contribution in [-0.4, -0.2) is 89.6 Å². The van der Waals surface area contributed by atoms with Gasteiger partial charge >= 0.3 is 6.09 Å². The van der Waals surface area contributed by atoms with Gasteiger partial charge in [0, 0.05) is 18.2 Å². The molecule has 44 heavy (non-hydrogen) atoms. The van der Waals surface area contributed by atoms with Crippen molar-refractivity contribution < 1.29 is 28.8 Å². The monoisotopic (exact) mass is 616 g/mol. The highest BCUT2D eigenvalue weighted by Crippen LogP contribution is 2.46. The van der Waals surface area contributed by atoms with Crippen LogP contribution in [-0.2, 0) is 0 Å². The molecule has 12 nitrogen and oxygen atoms in total. The molecule has 0 aliphatic carbocycles. The molecule has 0 bridgehead atoms. The molecule has 2 aromatic carbocycles. The van der Waals surface area contributed by atoms with Crippen LogP contribution in [0.4, 0.5) is 10.5 Å². The van der Waals surface area contributed by atoms with Gasteiger partial charge in [0.25, 0.3) is 0 Å². The number of methoxy groups -OCH3 is 1. The summed E-state index contributed by atoms with van der Waals surface area (Å²) in [5.41, 5.74) is 5.50. The molecule has 1 atom stereocenters. The number of hydrogen-bond acceptors (Lipinski definition) is 11. The SMILES string of the molecule is COc1cnc2c(-c3nc4c(C)cc5c(c4s3)OCC(CN(C(=O)O)c3ccc(OCCN(C)C)nc3)O5)cc(C)cc2n1. The zero-order valence-corrected chi connectivity index (χ0v) is 25.8. The molecule has 1 N–H and O–H groups in total. The van der Waals surface area contributed by atoms with Crippen LogP contribution < -0.4 is 23.8 Å². The predicted molar refractivity (Wildman–Crippen MR) is 168 cm³/mol. The molecule has 5 aromatic rings. The number of ether oxygens (including phenoxy) is 4. The Kier molecular flexibility index (Phi) is 8.06. The summed E-state index contributed by atoms with van der Waals surface area (Å²) in [6.45, 7) is 5.42. The number of benzene rings is 2. The number of carboxylic acid groups (broad SMARTS) is 1. The topological polar surface area (TPSA) is 132 Å². The Labute approximate surface area is 257 Å². The van der Waals surface area contributed by atoms with Gasteiger partial charge in [-0.05, 0) is 63.3 Å². The number of aromatic nitrogens is 4. The lowest BCUT2D eigenvalue weighted by Crippen LogP contribution is -2.43. The van der Waals surface area contributed by atoms with E-state index in [1.165, 1.54) is 22.4 Å². The van der Waals surface area contributed by atoms with Crippen molar-refractivity contribution in [3.63, 3.8) is 0 Å². The maximum Gasteiger partial charge on any atom is 0.411 e. The highest BCUT2D eigenvalue weighted by molar-refractivity contribution is 7.22. The number of anilines is 1. The molecule has 1 amide bonds. The van der Waals surface area contributed by atoms with E-state index in [0.717, 1.165) is 49.5 Å². The van der Waals surface area contributed by atoms with E-state index in [1.54, 1.807) is 25.4 Å². The molecule has 4 heterocycles. The molecule has 1 aliphatic heterocycles. The molecule has 228 valence electrons. The number of pyridine rings is 1. The van der Waals surface area contributed by atoms with Gasteiger partial charge in [-0.3, -0.25) is 4.90 Å². The zero-order chi connectivity index (χ0) is 31.0. The lowest BCUT2D eigenvalue weighted by Gasteiger charge is -2.30. The summed E-state index contributed by atoms with van der Waals surface area (Å²) in [4.78, 5) is 33.8. The van der Waals surface area contributed by atoms with Crippen molar-refractivity contribution in [1.82, 2.24) is 24.8 Å². The van der Waals surface area contributed by atoms with Gasteiger partial charge in [-0.2, -0.15) is 0 Å². The van der Waals surface area contributed by atoms with Crippen LogP contribution in [0.5, 0.6) is 23.3 Å². The Hall–Kier alpha value is -4.75. The van der Waals surface area contributed by atoms with Crippen molar-refractivity contribution in [1.29, 1.82) is 0 Å². The smallest absolute Gasteiger partial charge is 0.411 e. The van der Waals surface area contributed by atoms with Gasteiger partial charge in [0.05, 0.1) is 48.3 Å². The fourth-order valence-corrected chi connectivity index (χ4v) is 6.11. The Morgan fingerprint density at radius 1 is 1.09 bits per heavy atom. The normalized spacial score (nSPS) is 14.3. The highest BCUT2D eigenvalue weighted by atomic mass is 32.1. The molecule has 0 saturated carbocycles. The molecule has 3 aromatic heterocycles. The van der Waals surface area contributed by atoms with Gasteiger partial charge in [-0.1, -0.05) is 0 Å². The third-order valence-corrected chi connectivity index (χ3v) is 8.22. The quantitative estimate of drug-likeness (QED) is 0.235. The number of amides is 1. The number of fused-ring (bicyclic) bond motifs is 4. The van der Waals surface area contributed by atoms with Gasteiger partial charge in [0.2, 0.25) is 11.8 Å². The number of thiazole rings is 1. The fourth-order valence-electron chi connectivity index (χ4n) is 4.96. The predicted octanol–water partition coefficient (Wildman–Crippen LogP) is 5.19. The Morgan fingerprint density at radius 2 is 1.93 bits per heavy atom. The van der Waals surface area contributed by atoms with E-state index in [2.05, 4.69) is 15.0 Å². The van der Waals surface area contributed by atoms with Gasteiger partial charge in [0.1, 0.15) is 22.9 Å². The molecule has 0 fully saturated rings. The lowest BCUT2D eigenvalue weighted by atomic mass is 10.1. The zero-order valence-electron chi connectivity index (χ0n) is 25.0. The van der Waals surface area contributed by atoms with Crippen LogP contribution in [0.15, 0.2) is 42.7 Å². The van der Waals surface area contributed by atoms with E-state index >= 15 is 0 Å². The second-order valence-corrected chi connectivity index (χ2v) is 11.8. The summed E-state index contributed by atoms with van der Waals surface area (Å²) in [7, 11) is 5.48. The molecule has 0 saturated heterocycles. The first kappa shape index (κ1) is 29.3. The Morgan fingerprint density at radius 3 is 2.66 bits per heavy atom. The largest absolute Gasteiger partial charge is 0.484 e. The van der Waals surface area contributed by atoms with E-state index < -0.39 is 12.2 Å². The summed E-state index contributed by atoms with van der Waals surface area (Å²) in [5, 5.41) is 10.8. The van der Waals surface area contributed by atoms with Crippen LogP contribution in [0.1, 0.15) is 11.1 Å². The summed E-state index contributed by atoms with van der Waals surface area (Å²) >= 11 is 1.50. The minimum absolute atomic E-state index is 0.0553. The van der Waals surface area contributed by atoms with Crippen molar-refractivity contribution in [3.8, 4) is 33.8 Å². The molecule has 0 spiro atoms. The summed E-state index contributed by atoms with van der Waals surface area (Å²) in [6.07, 6.45) is 1.43. The van der Waals surface area contributed by atoms with Crippen molar-refractivity contribution >= 4 is 44.4 Å². The number of nitrogens with zero attached hydrogens (tertiary/aromatic N) is 6. The first-order valence-corrected chi connectivity index (χ1v) is 14.8. The third kappa shape index (κ3) is 5.88. The van der Waals surface area contributed by atoms with E-state index in [0.29, 0.717) is 35.6 Å². The highest BCUT2D eigenvalue weighted by Gasteiger charge is 2.30. The number of likely N-dealkylation sites (N-methyl/N-ethyl adjacent to an activating group) is 1. The Balaban J connectivity index is 1.25. The number of rotatable bonds is 9. The van der Waals surface area contributed by atoms with Gasteiger partial charge < -0.3 is 29.0 Å². The number of aryl methyl sites for hydroxylation is 2. The molecule has 0 radical (unpaired) electrons. The standard InChI is InChI=1S/C31H32N6O6S/c1-17-10-21(27-22(11-17)34-25(40-5)14-33-27)30-35-26-18(2)12-23-28(29(26)44-30)42-16-20(43-23)15-37(31(38)39)19-6-7-24(32-13-19)41-9-8-36(3)4/h6-7,10-14,20H,8-9,15-16H2,1-5H3,(H,38,39). The van der Waals surface area contributed by atoms with Crippen LogP contribution in [0, 0.1) is 13.8 Å². The minimum Gasteiger partial charge on any atom is -0.484 e. The van der Waals surface area contributed by atoms with Gasteiger partial charge in [0.15, 0.2) is 17.6 Å². The van der Waals surface area contributed by atoms with E-state index in [4.69, 9.17) is 23.9 Å². The maximum atomic E-state index is 12.2. The molecule has 1 aliphatic rings. The van der Waals surface area contributed by atoms with Gasteiger partial charge in [-0.15, -0.1) is 11.3 Å². The first-order valence-electron chi connectivity index (χ1n) is 14.0. The second-order valence-electron chi connectivity index (χ2n) is 10.8. The maximum absolute atomic E-state index is 12.2. The molecule has 13 heteroatoms. The second kappa shape index (κ2) is 12.1. The summed E-state index contributed by atoms with van der Waals surface area (Å²) in [6, 6.07) is 9.24. The summed E-state index contributed by atoms with van der Waals surface area (Å²) < 4.78 is 24.3. The third-order valence-electron chi connectivity index (χ3n) is 7.13. The molecular weight excluding hydrogens is 584 g/mol. The molecule has 6 rings (SSSR count). The first-order chi connectivity index (χ1) is 21.2. The fraction of sp³-hybridized carbons (Fsp3) is 0.323. The van der Waals surface area contributed by atoms with Crippen molar-refractivity contribution in [2.24, 2.45) is 0 Å². The van der Waals surface area contributed by atoms with Crippen molar-refractivity contribution in [3.05, 3.63) is 53.9 Å². The molecule has 1 unspecified atom stereocenters. The number of carbonyl (C=O) groups is 1. The van der Waals surface area contributed by atoms with Crippen LogP contribution in [0.2, 0.25) is 0 Å². The average Bonchev–Trinajstić information content (AvgIpc) is 3.45. The summed E-state index contributed by atoms with van der Waals surface area (Å²) in [5.74, 6) is 2.02. The number of hydrogen-bond donors (Lipinski definition) is 1. The van der Waals surface area contributed by atoms with E-state index in [-0.39, 0.29) is 13.2 Å². The molecular formula is C31H32N6O6S. The van der Waals surface area contributed by atoms with Crippen LogP contribution >= 0.6 is 11.3 Å². The lowest BCUT2D eigenvalue weighted by molar-refractivity contribution is 0.0961. The van der Waals surface area contributed by atoms with Crippen LogP contribution in [0.3, 0.4) is 0 Å². The van der Waals surface area contributed by atoms with Crippen LogP contribution in [0.25, 0.3) is 31.8 Å².